The van der Waals surface area contributed by atoms with Crippen molar-refractivity contribution in [3.8, 4) is 0 Å². The van der Waals surface area contributed by atoms with Crippen molar-refractivity contribution in [3.05, 3.63) is 11.1 Å². The number of nitrogens with one attached hydrogen (secondary N) is 1. The van der Waals surface area contributed by atoms with Crippen LogP contribution in [0, 0.1) is 0 Å². The monoisotopic (exact) mass is 303 g/mol. The van der Waals surface area contributed by atoms with Crippen molar-refractivity contribution in [2.24, 2.45) is 11.5 Å². The summed E-state index contributed by atoms with van der Waals surface area (Å²) >= 11 is 1.57. The lowest BCUT2D eigenvalue weighted by molar-refractivity contribution is 0.152. The number of thioether (sulfide) groups is 1. The van der Waals surface area contributed by atoms with E-state index in [1.807, 2.05) is 13.8 Å². The predicted octanol–water partition coefficient (Wildman–Crippen LogP) is 2.56. The van der Waals surface area contributed by atoms with Crippen LogP contribution in [0.1, 0.15) is 46.5 Å². The number of alkyl carbamates (subject to hydrolysis) is 1. The summed E-state index contributed by atoms with van der Waals surface area (Å²) in [5.74, 6) is 0.903. The van der Waals surface area contributed by atoms with Gasteiger partial charge >= 0.3 is 6.09 Å². The molecule has 5 nitrogen and oxygen atoms in total. The zero-order valence-electron chi connectivity index (χ0n) is 12.9. The van der Waals surface area contributed by atoms with Gasteiger partial charge in [0.2, 0.25) is 0 Å². The average molecular weight is 303 g/mol. The van der Waals surface area contributed by atoms with Crippen LogP contribution < -0.4 is 16.8 Å². The third kappa shape index (κ3) is 9.09. The van der Waals surface area contributed by atoms with E-state index in [1.165, 1.54) is 6.20 Å². The fraction of sp³-hybridized carbons (Fsp3) is 0.786. The van der Waals surface area contributed by atoms with Crippen molar-refractivity contribution >= 4 is 17.9 Å². The molecule has 0 spiro atoms. The molecule has 20 heavy (non-hydrogen) atoms. The van der Waals surface area contributed by atoms with Crippen LogP contribution in [0.5, 0.6) is 0 Å². The van der Waals surface area contributed by atoms with Gasteiger partial charge in [0, 0.05) is 23.2 Å². The Morgan fingerprint density at radius 3 is 2.50 bits per heavy atom. The third-order valence-electron chi connectivity index (χ3n) is 3.09. The van der Waals surface area contributed by atoms with Crippen molar-refractivity contribution in [3.63, 3.8) is 0 Å². The number of ether oxygens (including phenoxy) is 1. The van der Waals surface area contributed by atoms with Gasteiger partial charge in [0.25, 0.3) is 0 Å². The van der Waals surface area contributed by atoms with E-state index >= 15 is 0 Å². The maximum absolute atomic E-state index is 11.7. The number of carbonyl (C=O) groups is 1. The molecule has 1 amide bonds. The summed E-state index contributed by atoms with van der Waals surface area (Å²) in [5, 5.41) is 2.87. The van der Waals surface area contributed by atoms with Crippen LogP contribution in [0.25, 0.3) is 0 Å². The summed E-state index contributed by atoms with van der Waals surface area (Å²) in [6.45, 7) is 6.37. The highest BCUT2D eigenvalue weighted by Gasteiger charge is 2.13. The number of hydrogen-bond donors (Lipinski definition) is 3. The summed E-state index contributed by atoms with van der Waals surface area (Å²) in [6, 6.07) is 0.318. The van der Waals surface area contributed by atoms with Gasteiger partial charge in [0.05, 0.1) is 0 Å². The molecule has 0 heterocycles. The van der Waals surface area contributed by atoms with Gasteiger partial charge < -0.3 is 21.5 Å². The van der Waals surface area contributed by atoms with Crippen LogP contribution in [-0.4, -0.2) is 30.5 Å². The van der Waals surface area contributed by atoms with Crippen LogP contribution in [0.15, 0.2) is 11.1 Å². The third-order valence-corrected chi connectivity index (χ3v) is 4.00. The van der Waals surface area contributed by atoms with E-state index in [1.54, 1.807) is 11.8 Å². The highest BCUT2D eigenvalue weighted by Crippen LogP contribution is 2.14. The Bertz CT molecular complexity index is 298. The zero-order valence-corrected chi connectivity index (χ0v) is 13.7. The van der Waals surface area contributed by atoms with Gasteiger partial charge in [-0.3, -0.25) is 0 Å². The minimum absolute atomic E-state index is 0.115. The van der Waals surface area contributed by atoms with E-state index in [2.05, 4.69) is 12.2 Å². The van der Waals surface area contributed by atoms with E-state index < -0.39 is 6.09 Å². The first-order valence-corrected chi connectivity index (χ1v) is 8.28. The molecule has 0 aromatic rings. The first-order chi connectivity index (χ1) is 9.57. The molecule has 0 saturated carbocycles. The second-order valence-corrected chi connectivity index (χ2v) is 6.03. The van der Waals surface area contributed by atoms with Crippen LogP contribution in [-0.2, 0) is 4.74 Å². The van der Waals surface area contributed by atoms with Gasteiger partial charge in [0.15, 0.2) is 0 Å². The molecule has 0 unspecified atom stereocenters. The molecule has 0 radical (unpaired) electrons. The normalized spacial score (nSPS) is 14.7. The van der Waals surface area contributed by atoms with Crippen LogP contribution in [0.2, 0.25) is 0 Å². The fourth-order valence-electron chi connectivity index (χ4n) is 1.67. The number of rotatable bonds is 10. The average Bonchev–Trinajstić information content (AvgIpc) is 2.47. The lowest BCUT2D eigenvalue weighted by Crippen LogP contribution is -2.36. The largest absolute Gasteiger partial charge is 0.444 e. The summed E-state index contributed by atoms with van der Waals surface area (Å²) < 4.78 is 5.16. The van der Waals surface area contributed by atoms with Crippen molar-refractivity contribution in [2.75, 3.05) is 12.4 Å². The molecule has 0 aliphatic heterocycles. The molecular formula is C14H29N3O2S. The fourth-order valence-corrected chi connectivity index (χ4v) is 2.28. The summed E-state index contributed by atoms with van der Waals surface area (Å²) in [5.41, 5.74) is 11.3. The predicted molar refractivity (Wildman–Crippen MR) is 86.5 cm³/mol. The molecule has 0 aromatic heterocycles. The first kappa shape index (κ1) is 19.1. The molecular weight excluding hydrogens is 274 g/mol. The van der Waals surface area contributed by atoms with Gasteiger partial charge in [-0.15, -0.1) is 11.8 Å². The lowest BCUT2D eigenvalue weighted by Gasteiger charge is -2.18. The molecule has 0 fully saturated rings. The van der Waals surface area contributed by atoms with E-state index in [0.29, 0.717) is 0 Å². The van der Waals surface area contributed by atoms with E-state index in [-0.39, 0.29) is 18.7 Å². The van der Waals surface area contributed by atoms with Crippen LogP contribution in [0.4, 0.5) is 4.79 Å². The Hall–Kier alpha value is -0.880. The standard InChI is InChI=1S/C14H29N3O2S/c1-4-11(16)7-8-12(5-2)17-14(18)19-10-13(9-15)20-6-3/h9,11-12H,4-8,10,15-16H2,1-3H3,(H,17,18)/b13-9-/t11-,12-/m0/s1. The van der Waals surface area contributed by atoms with Crippen molar-refractivity contribution in [1.82, 2.24) is 5.32 Å². The highest BCUT2D eigenvalue weighted by atomic mass is 32.2. The minimum atomic E-state index is -0.391. The highest BCUT2D eigenvalue weighted by molar-refractivity contribution is 8.03. The topological polar surface area (TPSA) is 90.4 Å². The second kappa shape index (κ2) is 11.9. The number of amides is 1. The second-order valence-electron chi connectivity index (χ2n) is 4.64. The van der Waals surface area contributed by atoms with Gasteiger partial charge in [-0.1, -0.05) is 20.8 Å². The summed E-state index contributed by atoms with van der Waals surface area (Å²) in [7, 11) is 0. The Balaban J connectivity index is 4.02. The van der Waals surface area contributed by atoms with Gasteiger partial charge in [-0.2, -0.15) is 0 Å². The minimum Gasteiger partial charge on any atom is -0.444 e. The van der Waals surface area contributed by atoms with E-state index in [4.69, 9.17) is 16.2 Å². The molecule has 118 valence electrons. The quantitative estimate of drug-likeness (QED) is 0.577. The summed E-state index contributed by atoms with van der Waals surface area (Å²) in [6.07, 6.45) is 4.71. The molecule has 0 aliphatic carbocycles. The van der Waals surface area contributed by atoms with Crippen molar-refractivity contribution < 1.29 is 9.53 Å². The van der Waals surface area contributed by atoms with Crippen LogP contribution in [0.3, 0.4) is 0 Å². The number of hydrogen-bond acceptors (Lipinski definition) is 5. The Morgan fingerprint density at radius 2 is 2.00 bits per heavy atom. The van der Waals surface area contributed by atoms with E-state index in [0.717, 1.165) is 36.3 Å². The SMILES string of the molecule is CCS/C(=C\N)COC(=O)N[C@@H](CC)CC[C@@H](N)CC. The molecule has 0 aliphatic rings. The van der Waals surface area contributed by atoms with Crippen molar-refractivity contribution in [2.45, 2.75) is 58.5 Å². The Kier molecular flexibility index (Phi) is 11.4. The van der Waals surface area contributed by atoms with Crippen LogP contribution >= 0.6 is 11.8 Å². The zero-order chi connectivity index (χ0) is 15.4. The smallest absolute Gasteiger partial charge is 0.407 e. The number of nitrogens with two attached hydrogens (primary N) is 2. The van der Waals surface area contributed by atoms with Gasteiger partial charge in [-0.25, -0.2) is 4.79 Å². The molecule has 5 N–H and O–H groups in total. The lowest BCUT2D eigenvalue weighted by atomic mass is 10.0. The molecule has 0 aromatic carbocycles. The van der Waals surface area contributed by atoms with E-state index in [9.17, 15) is 4.79 Å². The van der Waals surface area contributed by atoms with Gasteiger partial charge in [0.1, 0.15) is 6.61 Å². The molecule has 0 saturated heterocycles. The maximum Gasteiger partial charge on any atom is 0.407 e. The van der Waals surface area contributed by atoms with Gasteiger partial charge in [-0.05, 0) is 31.4 Å². The molecule has 2 atom stereocenters. The first-order valence-electron chi connectivity index (χ1n) is 7.29. The summed E-state index contributed by atoms with van der Waals surface area (Å²) in [4.78, 5) is 12.6. The maximum atomic E-state index is 11.7. The number of carbonyl (C=O) groups excluding carboxylic acids is 1. The Morgan fingerprint density at radius 1 is 1.30 bits per heavy atom. The molecule has 0 bridgehead atoms. The molecule has 0 rings (SSSR count). The Labute approximate surface area is 126 Å². The molecule has 6 heteroatoms. The van der Waals surface area contributed by atoms with Crippen molar-refractivity contribution in [1.29, 1.82) is 0 Å².